The lowest BCUT2D eigenvalue weighted by molar-refractivity contribution is 0.101. The van der Waals surface area contributed by atoms with Gasteiger partial charge in [-0.25, -0.2) is 4.39 Å². The first-order valence-corrected chi connectivity index (χ1v) is 5.46. The number of rotatable bonds is 2. The van der Waals surface area contributed by atoms with E-state index >= 15 is 0 Å². The van der Waals surface area contributed by atoms with Crippen molar-refractivity contribution >= 4 is 5.78 Å². The molecule has 2 aromatic carbocycles. The van der Waals surface area contributed by atoms with Crippen LogP contribution in [0.3, 0.4) is 0 Å². The first-order valence-electron chi connectivity index (χ1n) is 5.46. The van der Waals surface area contributed by atoms with Gasteiger partial charge in [-0.05, 0) is 43.2 Å². The Balaban J connectivity index is 2.63. The number of ketones is 1. The molecule has 0 radical (unpaired) electrons. The molecule has 0 spiro atoms. The van der Waals surface area contributed by atoms with Gasteiger partial charge in [-0.2, -0.15) is 0 Å². The van der Waals surface area contributed by atoms with Crippen LogP contribution in [-0.4, -0.2) is 5.78 Å². The summed E-state index contributed by atoms with van der Waals surface area (Å²) in [5, 5.41) is 0. The predicted octanol–water partition coefficient (Wildman–Crippen LogP) is 4.00. The number of aryl methyl sites for hydroxylation is 1. The smallest absolute Gasteiger partial charge is 0.159 e. The van der Waals surface area contributed by atoms with Crippen LogP contribution in [0.2, 0.25) is 0 Å². The Morgan fingerprint density at radius 3 is 2.41 bits per heavy atom. The van der Waals surface area contributed by atoms with E-state index in [4.69, 9.17) is 0 Å². The highest BCUT2D eigenvalue weighted by Crippen LogP contribution is 2.26. The topological polar surface area (TPSA) is 17.1 Å². The molecular weight excluding hydrogens is 215 g/mol. The Morgan fingerprint density at radius 1 is 1.06 bits per heavy atom. The van der Waals surface area contributed by atoms with Gasteiger partial charge in [-0.3, -0.25) is 4.79 Å². The van der Waals surface area contributed by atoms with Crippen LogP contribution in [0, 0.1) is 12.7 Å². The zero-order chi connectivity index (χ0) is 12.4. The Bertz CT molecular complexity index is 573. The highest BCUT2D eigenvalue weighted by Gasteiger charge is 2.09. The molecule has 2 heteroatoms. The number of carbonyl (C=O) groups excluding carboxylic acids is 1. The molecule has 17 heavy (non-hydrogen) atoms. The fourth-order valence-corrected chi connectivity index (χ4v) is 1.83. The molecule has 2 aromatic rings. The van der Waals surface area contributed by atoms with Gasteiger partial charge >= 0.3 is 0 Å². The first kappa shape index (κ1) is 11.5. The average Bonchev–Trinajstić information content (AvgIpc) is 2.30. The van der Waals surface area contributed by atoms with Crippen molar-refractivity contribution < 1.29 is 9.18 Å². The Kier molecular flexibility index (Phi) is 3.05. The third kappa shape index (κ3) is 2.26. The van der Waals surface area contributed by atoms with Gasteiger partial charge < -0.3 is 0 Å². The number of benzene rings is 2. The van der Waals surface area contributed by atoms with E-state index < -0.39 is 0 Å². The standard InChI is InChI=1S/C15H13FO/c1-10-5-3-4-6-13(10)14-9-12(11(2)17)7-8-15(14)16/h3-9H,1-2H3. The van der Waals surface area contributed by atoms with Gasteiger partial charge in [0.05, 0.1) is 0 Å². The van der Waals surface area contributed by atoms with E-state index in [1.165, 1.54) is 19.1 Å². The largest absolute Gasteiger partial charge is 0.295 e. The number of carbonyl (C=O) groups is 1. The molecule has 0 amide bonds. The molecule has 0 atom stereocenters. The molecule has 0 heterocycles. The molecule has 0 fully saturated rings. The van der Waals surface area contributed by atoms with Crippen molar-refractivity contribution in [2.45, 2.75) is 13.8 Å². The third-order valence-corrected chi connectivity index (χ3v) is 2.81. The summed E-state index contributed by atoms with van der Waals surface area (Å²) < 4.78 is 13.8. The van der Waals surface area contributed by atoms with Crippen molar-refractivity contribution in [1.82, 2.24) is 0 Å². The zero-order valence-corrected chi connectivity index (χ0v) is 9.83. The monoisotopic (exact) mass is 228 g/mol. The molecule has 0 N–H and O–H groups in total. The summed E-state index contributed by atoms with van der Waals surface area (Å²) in [6.07, 6.45) is 0. The van der Waals surface area contributed by atoms with Gasteiger partial charge in [-0.15, -0.1) is 0 Å². The quantitative estimate of drug-likeness (QED) is 0.710. The molecule has 0 aliphatic carbocycles. The van der Waals surface area contributed by atoms with E-state index in [9.17, 15) is 9.18 Å². The fraction of sp³-hybridized carbons (Fsp3) is 0.133. The first-order chi connectivity index (χ1) is 8.09. The van der Waals surface area contributed by atoms with Crippen molar-refractivity contribution in [2.24, 2.45) is 0 Å². The molecule has 0 saturated heterocycles. The summed E-state index contributed by atoms with van der Waals surface area (Å²) in [4.78, 5) is 11.3. The SMILES string of the molecule is CC(=O)c1ccc(F)c(-c2ccccc2C)c1. The Morgan fingerprint density at radius 2 is 1.76 bits per heavy atom. The summed E-state index contributed by atoms with van der Waals surface area (Å²) in [5.41, 5.74) is 2.83. The van der Waals surface area contributed by atoms with Crippen LogP contribution in [0.25, 0.3) is 11.1 Å². The van der Waals surface area contributed by atoms with Gasteiger partial charge in [0.25, 0.3) is 0 Å². The van der Waals surface area contributed by atoms with Crippen molar-refractivity contribution in [1.29, 1.82) is 0 Å². The zero-order valence-electron chi connectivity index (χ0n) is 9.83. The lowest BCUT2D eigenvalue weighted by atomic mass is 9.97. The number of Topliss-reactive ketones (excluding diaryl/α,β-unsaturated/α-hetero) is 1. The van der Waals surface area contributed by atoms with E-state index in [0.717, 1.165) is 11.1 Å². The summed E-state index contributed by atoms with van der Waals surface area (Å²) >= 11 is 0. The van der Waals surface area contributed by atoms with Crippen LogP contribution >= 0.6 is 0 Å². The van der Waals surface area contributed by atoms with E-state index in [2.05, 4.69) is 0 Å². The summed E-state index contributed by atoms with van der Waals surface area (Å²) in [6, 6.07) is 12.0. The van der Waals surface area contributed by atoms with E-state index in [1.54, 1.807) is 6.07 Å². The Hall–Kier alpha value is -1.96. The summed E-state index contributed by atoms with van der Waals surface area (Å²) in [5.74, 6) is -0.357. The molecule has 0 bridgehead atoms. The molecule has 1 nitrogen and oxygen atoms in total. The lowest BCUT2D eigenvalue weighted by Gasteiger charge is -2.08. The maximum absolute atomic E-state index is 13.8. The molecule has 2 rings (SSSR count). The minimum atomic E-state index is -0.302. The van der Waals surface area contributed by atoms with Crippen LogP contribution in [0.4, 0.5) is 4.39 Å². The van der Waals surface area contributed by atoms with Gasteiger partial charge in [0.2, 0.25) is 0 Å². The molecule has 0 unspecified atom stereocenters. The third-order valence-electron chi connectivity index (χ3n) is 2.81. The Labute approximate surface area is 99.9 Å². The lowest BCUT2D eigenvalue weighted by Crippen LogP contribution is -1.95. The highest BCUT2D eigenvalue weighted by molar-refractivity contribution is 5.95. The second kappa shape index (κ2) is 4.50. The van der Waals surface area contributed by atoms with Crippen LogP contribution in [0.1, 0.15) is 22.8 Å². The van der Waals surface area contributed by atoms with Crippen molar-refractivity contribution in [3.63, 3.8) is 0 Å². The molecular formula is C15H13FO. The second-order valence-electron chi connectivity index (χ2n) is 4.07. The maximum Gasteiger partial charge on any atom is 0.159 e. The number of hydrogen-bond donors (Lipinski definition) is 0. The molecule has 0 aromatic heterocycles. The normalized spacial score (nSPS) is 10.3. The van der Waals surface area contributed by atoms with Gasteiger partial charge in [0.15, 0.2) is 5.78 Å². The van der Waals surface area contributed by atoms with Gasteiger partial charge in [0.1, 0.15) is 5.82 Å². The summed E-state index contributed by atoms with van der Waals surface area (Å²) in [7, 11) is 0. The predicted molar refractivity (Wildman–Crippen MR) is 66.6 cm³/mol. The van der Waals surface area contributed by atoms with Crippen LogP contribution < -0.4 is 0 Å². The van der Waals surface area contributed by atoms with Crippen molar-refractivity contribution in [3.8, 4) is 11.1 Å². The second-order valence-corrected chi connectivity index (χ2v) is 4.07. The summed E-state index contributed by atoms with van der Waals surface area (Å²) in [6.45, 7) is 3.41. The maximum atomic E-state index is 13.8. The molecule has 0 aliphatic heterocycles. The fourth-order valence-electron chi connectivity index (χ4n) is 1.83. The van der Waals surface area contributed by atoms with Crippen molar-refractivity contribution in [3.05, 3.63) is 59.4 Å². The minimum Gasteiger partial charge on any atom is -0.295 e. The number of halogens is 1. The molecule has 86 valence electrons. The van der Waals surface area contributed by atoms with Gasteiger partial charge in [-0.1, -0.05) is 24.3 Å². The van der Waals surface area contributed by atoms with E-state index in [-0.39, 0.29) is 11.6 Å². The van der Waals surface area contributed by atoms with Crippen molar-refractivity contribution in [2.75, 3.05) is 0 Å². The van der Waals surface area contributed by atoms with Crippen LogP contribution in [-0.2, 0) is 0 Å². The van der Waals surface area contributed by atoms with E-state index in [1.807, 2.05) is 31.2 Å². The molecule has 0 saturated carbocycles. The van der Waals surface area contributed by atoms with Crippen LogP contribution in [0.5, 0.6) is 0 Å². The van der Waals surface area contributed by atoms with E-state index in [0.29, 0.717) is 11.1 Å². The highest BCUT2D eigenvalue weighted by atomic mass is 19.1. The molecule has 0 aliphatic rings. The minimum absolute atomic E-state index is 0.0557. The average molecular weight is 228 g/mol. The van der Waals surface area contributed by atoms with Crippen LogP contribution in [0.15, 0.2) is 42.5 Å². The number of hydrogen-bond acceptors (Lipinski definition) is 1. The van der Waals surface area contributed by atoms with Gasteiger partial charge in [0, 0.05) is 11.1 Å².